The number of hydrogen-bond acceptors (Lipinski definition) is 1. The van der Waals surface area contributed by atoms with Gasteiger partial charge in [-0.2, -0.15) is 0 Å². The Morgan fingerprint density at radius 2 is 1.78 bits per heavy atom. The van der Waals surface area contributed by atoms with E-state index in [0.29, 0.717) is 5.02 Å². The van der Waals surface area contributed by atoms with E-state index in [1.807, 2.05) is 49.5 Å². The highest BCUT2D eigenvalue weighted by molar-refractivity contribution is 9.10. The number of halogens is 3. The lowest BCUT2D eigenvalue weighted by Crippen LogP contribution is -2.18. The van der Waals surface area contributed by atoms with Gasteiger partial charge in [-0.25, -0.2) is 0 Å². The molecule has 2 aromatic carbocycles. The molecule has 94 valence electrons. The van der Waals surface area contributed by atoms with Crippen LogP contribution in [0.5, 0.6) is 0 Å². The fourth-order valence-corrected chi connectivity index (χ4v) is 3.03. The summed E-state index contributed by atoms with van der Waals surface area (Å²) in [5.74, 6) is 0. The van der Waals surface area contributed by atoms with Gasteiger partial charge in [-0.1, -0.05) is 57.3 Å². The Morgan fingerprint density at radius 1 is 1.06 bits per heavy atom. The van der Waals surface area contributed by atoms with Crippen LogP contribution in [0.15, 0.2) is 46.9 Å². The summed E-state index contributed by atoms with van der Waals surface area (Å²) >= 11 is 15.5. The maximum atomic E-state index is 6.04. The first-order valence-electron chi connectivity index (χ1n) is 5.49. The summed E-state index contributed by atoms with van der Waals surface area (Å²) in [6, 6.07) is 13.7. The molecular weight excluding hydrogens is 333 g/mol. The van der Waals surface area contributed by atoms with E-state index in [9.17, 15) is 0 Å². The molecule has 0 fully saturated rings. The quantitative estimate of drug-likeness (QED) is 0.820. The van der Waals surface area contributed by atoms with Crippen LogP contribution < -0.4 is 5.32 Å². The zero-order valence-electron chi connectivity index (χ0n) is 9.75. The Morgan fingerprint density at radius 3 is 2.39 bits per heavy atom. The molecule has 0 saturated carbocycles. The monoisotopic (exact) mass is 343 g/mol. The van der Waals surface area contributed by atoms with Crippen molar-refractivity contribution in [2.45, 2.75) is 6.04 Å². The van der Waals surface area contributed by atoms with Gasteiger partial charge in [0.15, 0.2) is 0 Å². The predicted octanol–water partition coefficient (Wildman–Crippen LogP) is 5.06. The van der Waals surface area contributed by atoms with Gasteiger partial charge in [-0.15, -0.1) is 0 Å². The fourth-order valence-electron chi connectivity index (χ4n) is 1.92. The maximum Gasteiger partial charge on any atom is 0.0585 e. The molecular formula is C14H12BrCl2N. The molecule has 0 aromatic heterocycles. The van der Waals surface area contributed by atoms with E-state index >= 15 is 0 Å². The van der Waals surface area contributed by atoms with Crippen molar-refractivity contribution >= 4 is 39.1 Å². The molecule has 0 amide bonds. The molecule has 0 aliphatic carbocycles. The third kappa shape index (κ3) is 3.07. The van der Waals surface area contributed by atoms with E-state index < -0.39 is 0 Å². The Bertz CT molecular complexity index is 557. The first-order valence-corrected chi connectivity index (χ1v) is 7.04. The molecule has 0 saturated heterocycles. The Balaban J connectivity index is 2.45. The third-order valence-electron chi connectivity index (χ3n) is 2.74. The molecule has 2 aromatic rings. The molecule has 0 heterocycles. The van der Waals surface area contributed by atoms with Gasteiger partial charge in [-0.3, -0.25) is 0 Å². The van der Waals surface area contributed by atoms with Crippen LogP contribution in [0.3, 0.4) is 0 Å². The molecule has 1 N–H and O–H groups in total. The lowest BCUT2D eigenvalue weighted by atomic mass is 9.99. The van der Waals surface area contributed by atoms with Gasteiger partial charge >= 0.3 is 0 Å². The average Bonchev–Trinajstić information content (AvgIpc) is 2.33. The van der Waals surface area contributed by atoms with Crippen LogP contribution in [0.25, 0.3) is 0 Å². The summed E-state index contributed by atoms with van der Waals surface area (Å²) in [6.45, 7) is 0. The molecule has 0 radical (unpaired) electrons. The van der Waals surface area contributed by atoms with Crippen LogP contribution >= 0.6 is 39.1 Å². The first-order chi connectivity index (χ1) is 8.61. The van der Waals surface area contributed by atoms with Crippen LogP contribution in [0.2, 0.25) is 10.0 Å². The van der Waals surface area contributed by atoms with Gasteiger partial charge in [0.25, 0.3) is 0 Å². The van der Waals surface area contributed by atoms with Crippen molar-refractivity contribution in [1.29, 1.82) is 0 Å². The Labute approximate surface area is 125 Å². The largest absolute Gasteiger partial charge is 0.309 e. The van der Waals surface area contributed by atoms with Crippen molar-refractivity contribution in [3.63, 3.8) is 0 Å². The summed E-state index contributed by atoms with van der Waals surface area (Å²) < 4.78 is 0.981. The lowest BCUT2D eigenvalue weighted by molar-refractivity contribution is 0.689. The first kappa shape index (κ1) is 13.9. The Hall–Kier alpha value is -0.540. The van der Waals surface area contributed by atoms with Crippen LogP contribution in [0.4, 0.5) is 0 Å². The topological polar surface area (TPSA) is 12.0 Å². The van der Waals surface area contributed by atoms with E-state index in [2.05, 4.69) is 21.2 Å². The van der Waals surface area contributed by atoms with Crippen molar-refractivity contribution in [1.82, 2.24) is 5.32 Å². The molecule has 18 heavy (non-hydrogen) atoms. The second-order valence-corrected chi connectivity index (χ2v) is 5.67. The highest BCUT2D eigenvalue weighted by Crippen LogP contribution is 2.31. The van der Waals surface area contributed by atoms with Crippen LogP contribution in [0, 0.1) is 0 Å². The van der Waals surface area contributed by atoms with Crippen molar-refractivity contribution in [2.24, 2.45) is 0 Å². The summed E-state index contributed by atoms with van der Waals surface area (Å²) in [5.41, 5.74) is 2.25. The molecule has 0 spiro atoms. The number of rotatable bonds is 3. The van der Waals surface area contributed by atoms with Crippen molar-refractivity contribution < 1.29 is 0 Å². The standard InChI is InChI=1S/C14H12BrCl2N/c1-18-14(9-3-2-4-10(16)7-9)12-6-5-11(17)8-13(12)15/h2-8,14,18H,1H3. The van der Waals surface area contributed by atoms with Crippen LogP contribution in [-0.4, -0.2) is 7.05 Å². The van der Waals surface area contributed by atoms with Crippen molar-refractivity contribution in [3.05, 3.63) is 68.1 Å². The van der Waals surface area contributed by atoms with Gasteiger partial charge in [0, 0.05) is 14.5 Å². The van der Waals surface area contributed by atoms with Crippen LogP contribution in [0.1, 0.15) is 17.2 Å². The highest BCUT2D eigenvalue weighted by atomic mass is 79.9. The summed E-state index contributed by atoms with van der Waals surface area (Å²) in [5, 5.41) is 4.74. The summed E-state index contributed by atoms with van der Waals surface area (Å²) in [7, 11) is 1.92. The molecule has 0 bridgehead atoms. The predicted molar refractivity (Wildman–Crippen MR) is 81.5 cm³/mol. The molecule has 0 aliphatic rings. The van der Waals surface area contributed by atoms with Crippen molar-refractivity contribution in [2.75, 3.05) is 7.05 Å². The second kappa shape index (κ2) is 6.07. The highest BCUT2D eigenvalue weighted by Gasteiger charge is 2.15. The lowest BCUT2D eigenvalue weighted by Gasteiger charge is -2.19. The molecule has 0 aliphatic heterocycles. The molecule has 1 nitrogen and oxygen atoms in total. The minimum Gasteiger partial charge on any atom is -0.309 e. The van der Waals surface area contributed by atoms with Crippen molar-refractivity contribution in [3.8, 4) is 0 Å². The minimum absolute atomic E-state index is 0.0790. The third-order valence-corrected chi connectivity index (χ3v) is 3.90. The minimum atomic E-state index is 0.0790. The van der Waals surface area contributed by atoms with E-state index in [1.165, 1.54) is 0 Å². The molecule has 4 heteroatoms. The number of hydrogen-bond donors (Lipinski definition) is 1. The van der Waals surface area contributed by atoms with Crippen LogP contribution in [-0.2, 0) is 0 Å². The molecule has 2 rings (SSSR count). The van der Waals surface area contributed by atoms with E-state index in [1.54, 1.807) is 0 Å². The Kier molecular flexibility index (Phi) is 4.68. The van der Waals surface area contributed by atoms with Gasteiger partial charge in [0.05, 0.1) is 6.04 Å². The second-order valence-electron chi connectivity index (χ2n) is 3.94. The van der Waals surface area contributed by atoms with Gasteiger partial charge < -0.3 is 5.32 Å². The van der Waals surface area contributed by atoms with E-state index in [-0.39, 0.29) is 6.04 Å². The van der Waals surface area contributed by atoms with E-state index in [4.69, 9.17) is 23.2 Å². The van der Waals surface area contributed by atoms with Gasteiger partial charge in [-0.05, 0) is 42.4 Å². The molecule has 1 unspecified atom stereocenters. The fraction of sp³-hybridized carbons (Fsp3) is 0.143. The van der Waals surface area contributed by atoms with Gasteiger partial charge in [0.2, 0.25) is 0 Å². The normalized spacial score (nSPS) is 12.4. The summed E-state index contributed by atoms with van der Waals surface area (Å²) in [4.78, 5) is 0. The zero-order valence-corrected chi connectivity index (χ0v) is 12.9. The number of benzene rings is 2. The molecule has 1 atom stereocenters. The maximum absolute atomic E-state index is 6.04. The zero-order chi connectivity index (χ0) is 13.1. The average molecular weight is 345 g/mol. The smallest absolute Gasteiger partial charge is 0.0585 e. The SMILES string of the molecule is CNC(c1cccc(Cl)c1)c1ccc(Cl)cc1Br. The summed E-state index contributed by atoms with van der Waals surface area (Å²) in [6.07, 6.45) is 0. The van der Waals surface area contributed by atoms with E-state index in [0.717, 1.165) is 20.6 Å². The number of nitrogens with one attached hydrogen (secondary N) is 1. The van der Waals surface area contributed by atoms with Gasteiger partial charge in [0.1, 0.15) is 0 Å².